The van der Waals surface area contributed by atoms with Gasteiger partial charge in [0.25, 0.3) is 0 Å². The standard InChI is InChI=1S/C15H21NO2/c1-3-12-6-8-16(9-7-12)13-4-5-14(15(17)18)11(2)10-13/h4-5,10,12H,3,6-9H2,1-2H3,(H,17,18). The number of nitrogens with zero attached hydrogens (tertiary/aromatic N) is 1. The fourth-order valence-corrected chi connectivity index (χ4v) is 2.68. The van der Waals surface area contributed by atoms with Crippen LogP contribution in [0, 0.1) is 12.8 Å². The van der Waals surface area contributed by atoms with Crippen LogP contribution in [-0.2, 0) is 0 Å². The van der Waals surface area contributed by atoms with Gasteiger partial charge in [-0.2, -0.15) is 0 Å². The van der Waals surface area contributed by atoms with E-state index in [-0.39, 0.29) is 0 Å². The molecule has 0 saturated carbocycles. The molecule has 2 rings (SSSR count). The molecule has 1 aromatic carbocycles. The van der Waals surface area contributed by atoms with E-state index in [2.05, 4.69) is 11.8 Å². The summed E-state index contributed by atoms with van der Waals surface area (Å²) in [7, 11) is 0. The van der Waals surface area contributed by atoms with Crippen molar-refractivity contribution in [2.24, 2.45) is 5.92 Å². The van der Waals surface area contributed by atoms with Crippen LogP contribution in [0.4, 0.5) is 5.69 Å². The highest BCUT2D eigenvalue weighted by molar-refractivity contribution is 5.89. The summed E-state index contributed by atoms with van der Waals surface area (Å²) in [6.07, 6.45) is 3.76. The SMILES string of the molecule is CCC1CCN(c2ccc(C(=O)O)c(C)c2)CC1. The van der Waals surface area contributed by atoms with E-state index in [9.17, 15) is 4.79 Å². The Morgan fingerprint density at radius 2 is 2.06 bits per heavy atom. The van der Waals surface area contributed by atoms with Crippen molar-refractivity contribution in [1.82, 2.24) is 0 Å². The van der Waals surface area contributed by atoms with Crippen LogP contribution in [-0.4, -0.2) is 24.2 Å². The van der Waals surface area contributed by atoms with Gasteiger partial charge >= 0.3 is 5.97 Å². The van der Waals surface area contributed by atoms with Crippen LogP contribution in [0.15, 0.2) is 18.2 Å². The van der Waals surface area contributed by atoms with Gasteiger partial charge in [0.05, 0.1) is 5.56 Å². The molecule has 0 bridgehead atoms. The second kappa shape index (κ2) is 5.42. The van der Waals surface area contributed by atoms with E-state index in [4.69, 9.17) is 5.11 Å². The van der Waals surface area contributed by atoms with Crippen LogP contribution < -0.4 is 4.90 Å². The first-order chi connectivity index (χ1) is 8.61. The quantitative estimate of drug-likeness (QED) is 0.890. The Labute approximate surface area is 108 Å². The number of carboxylic acid groups (broad SMARTS) is 1. The van der Waals surface area contributed by atoms with E-state index in [0.717, 1.165) is 30.3 Å². The van der Waals surface area contributed by atoms with Crippen LogP contribution in [0.25, 0.3) is 0 Å². The number of hydrogen-bond acceptors (Lipinski definition) is 2. The molecule has 0 unspecified atom stereocenters. The van der Waals surface area contributed by atoms with Gasteiger partial charge in [-0.3, -0.25) is 0 Å². The van der Waals surface area contributed by atoms with E-state index in [1.165, 1.54) is 19.3 Å². The second-order valence-electron chi connectivity index (χ2n) is 5.14. The monoisotopic (exact) mass is 247 g/mol. The van der Waals surface area contributed by atoms with Gasteiger partial charge in [0.1, 0.15) is 0 Å². The topological polar surface area (TPSA) is 40.5 Å². The molecule has 1 fully saturated rings. The van der Waals surface area contributed by atoms with Gasteiger partial charge in [-0.15, -0.1) is 0 Å². The molecule has 0 spiro atoms. The molecular formula is C15H21NO2. The van der Waals surface area contributed by atoms with E-state index < -0.39 is 5.97 Å². The summed E-state index contributed by atoms with van der Waals surface area (Å²) in [6.45, 7) is 6.30. The summed E-state index contributed by atoms with van der Waals surface area (Å²) in [4.78, 5) is 13.3. The third kappa shape index (κ3) is 2.66. The Bertz CT molecular complexity index is 434. The normalized spacial score (nSPS) is 16.9. The minimum atomic E-state index is -0.844. The molecule has 18 heavy (non-hydrogen) atoms. The number of hydrogen-bond donors (Lipinski definition) is 1. The summed E-state index contributed by atoms with van der Waals surface area (Å²) < 4.78 is 0. The number of anilines is 1. The molecule has 1 aliphatic rings. The van der Waals surface area contributed by atoms with Gasteiger partial charge in [0.15, 0.2) is 0 Å². The van der Waals surface area contributed by atoms with Crippen molar-refractivity contribution in [2.45, 2.75) is 33.1 Å². The Hall–Kier alpha value is -1.51. The molecule has 1 saturated heterocycles. The number of carboxylic acids is 1. The molecule has 1 aliphatic heterocycles. The van der Waals surface area contributed by atoms with Crippen molar-refractivity contribution in [3.8, 4) is 0 Å². The highest BCUT2D eigenvalue weighted by atomic mass is 16.4. The number of aromatic carboxylic acids is 1. The molecule has 1 N–H and O–H groups in total. The largest absolute Gasteiger partial charge is 0.478 e. The smallest absolute Gasteiger partial charge is 0.335 e. The third-order valence-electron chi connectivity index (χ3n) is 4.00. The molecule has 0 radical (unpaired) electrons. The first-order valence-electron chi connectivity index (χ1n) is 6.70. The van der Waals surface area contributed by atoms with Gasteiger partial charge in [0.2, 0.25) is 0 Å². The number of piperidine rings is 1. The lowest BCUT2D eigenvalue weighted by Crippen LogP contribution is -2.33. The predicted octanol–water partition coefficient (Wildman–Crippen LogP) is 3.32. The van der Waals surface area contributed by atoms with Crippen molar-refractivity contribution in [2.75, 3.05) is 18.0 Å². The third-order valence-corrected chi connectivity index (χ3v) is 4.00. The van der Waals surface area contributed by atoms with Crippen LogP contribution in [0.3, 0.4) is 0 Å². The van der Waals surface area contributed by atoms with E-state index >= 15 is 0 Å². The molecule has 0 amide bonds. The minimum absolute atomic E-state index is 0.405. The molecular weight excluding hydrogens is 226 g/mol. The van der Waals surface area contributed by atoms with E-state index in [1.54, 1.807) is 6.07 Å². The fraction of sp³-hybridized carbons (Fsp3) is 0.533. The fourth-order valence-electron chi connectivity index (χ4n) is 2.68. The maximum absolute atomic E-state index is 11.0. The van der Waals surface area contributed by atoms with Crippen molar-refractivity contribution in [1.29, 1.82) is 0 Å². The van der Waals surface area contributed by atoms with Gasteiger partial charge in [-0.05, 0) is 49.4 Å². The average Bonchev–Trinajstić information content (AvgIpc) is 2.38. The zero-order chi connectivity index (χ0) is 13.1. The summed E-state index contributed by atoms with van der Waals surface area (Å²) in [6, 6.07) is 5.65. The van der Waals surface area contributed by atoms with Gasteiger partial charge < -0.3 is 10.0 Å². The molecule has 0 aliphatic carbocycles. The summed E-state index contributed by atoms with van der Waals surface area (Å²) in [5.74, 6) is 0.0179. The summed E-state index contributed by atoms with van der Waals surface area (Å²) >= 11 is 0. The van der Waals surface area contributed by atoms with Gasteiger partial charge in [0, 0.05) is 18.8 Å². The van der Waals surface area contributed by atoms with Gasteiger partial charge in [-0.1, -0.05) is 13.3 Å². The Balaban J connectivity index is 2.11. The molecule has 3 nitrogen and oxygen atoms in total. The maximum atomic E-state index is 11.0. The average molecular weight is 247 g/mol. The lowest BCUT2D eigenvalue weighted by atomic mass is 9.94. The number of carbonyl (C=O) groups is 1. The predicted molar refractivity (Wildman–Crippen MR) is 73.4 cm³/mol. The number of rotatable bonds is 3. The lowest BCUT2D eigenvalue weighted by molar-refractivity contribution is 0.0696. The first-order valence-corrected chi connectivity index (χ1v) is 6.70. The number of aryl methyl sites for hydroxylation is 1. The summed E-state index contributed by atoms with van der Waals surface area (Å²) in [5.41, 5.74) is 2.41. The highest BCUT2D eigenvalue weighted by Crippen LogP contribution is 2.26. The molecule has 0 atom stereocenters. The van der Waals surface area contributed by atoms with E-state index in [1.807, 2.05) is 19.1 Å². The molecule has 1 heterocycles. The Kier molecular flexibility index (Phi) is 3.90. The van der Waals surface area contributed by atoms with Gasteiger partial charge in [-0.25, -0.2) is 4.79 Å². The van der Waals surface area contributed by atoms with E-state index in [0.29, 0.717) is 5.56 Å². The zero-order valence-electron chi connectivity index (χ0n) is 11.1. The number of benzene rings is 1. The highest BCUT2D eigenvalue weighted by Gasteiger charge is 2.18. The Morgan fingerprint density at radius 1 is 1.39 bits per heavy atom. The molecule has 1 aromatic rings. The van der Waals surface area contributed by atoms with Crippen LogP contribution in [0.1, 0.15) is 42.1 Å². The van der Waals surface area contributed by atoms with Crippen molar-refractivity contribution in [3.05, 3.63) is 29.3 Å². The van der Waals surface area contributed by atoms with Crippen molar-refractivity contribution < 1.29 is 9.90 Å². The van der Waals surface area contributed by atoms with Crippen LogP contribution in [0.2, 0.25) is 0 Å². The molecule has 98 valence electrons. The zero-order valence-corrected chi connectivity index (χ0v) is 11.1. The van der Waals surface area contributed by atoms with Crippen LogP contribution in [0.5, 0.6) is 0 Å². The molecule has 3 heteroatoms. The first kappa shape index (κ1) is 12.9. The summed E-state index contributed by atoms with van der Waals surface area (Å²) in [5, 5.41) is 9.02. The van der Waals surface area contributed by atoms with Crippen LogP contribution >= 0.6 is 0 Å². The maximum Gasteiger partial charge on any atom is 0.335 e. The Morgan fingerprint density at radius 3 is 2.56 bits per heavy atom. The minimum Gasteiger partial charge on any atom is -0.478 e. The van der Waals surface area contributed by atoms with Crippen molar-refractivity contribution in [3.63, 3.8) is 0 Å². The molecule has 0 aromatic heterocycles. The lowest BCUT2D eigenvalue weighted by Gasteiger charge is -2.33. The second-order valence-corrected chi connectivity index (χ2v) is 5.14. The van der Waals surface area contributed by atoms with Crippen molar-refractivity contribution >= 4 is 11.7 Å².